The number of carboxylic acid groups (broad SMARTS) is 1. The van der Waals surface area contributed by atoms with Crippen LogP contribution in [0.5, 0.6) is 0 Å². The molecule has 0 heterocycles. The number of carbonyl (C=O) groups is 2. The van der Waals surface area contributed by atoms with Gasteiger partial charge in [-0.1, -0.05) is 26.7 Å². The van der Waals surface area contributed by atoms with Crippen molar-refractivity contribution < 1.29 is 24.5 Å². The molecule has 17 heavy (non-hydrogen) atoms. The predicted molar refractivity (Wildman–Crippen MR) is 62.5 cm³/mol. The van der Waals surface area contributed by atoms with Crippen molar-refractivity contribution in [3.05, 3.63) is 0 Å². The Hall–Kier alpha value is -1.10. The number of rotatable bonds is 9. The fourth-order valence-corrected chi connectivity index (χ4v) is 1.49. The topological polar surface area (TPSA) is 83.8 Å². The molecule has 2 atom stereocenters. The molecule has 0 rings (SSSR count). The van der Waals surface area contributed by atoms with Gasteiger partial charge < -0.3 is 14.9 Å². The van der Waals surface area contributed by atoms with Crippen molar-refractivity contribution in [1.82, 2.24) is 0 Å². The molecular formula is C12H22O5. The Morgan fingerprint density at radius 3 is 2.35 bits per heavy atom. The summed E-state index contributed by atoms with van der Waals surface area (Å²) in [7, 11) is 0. The maximum Gasteiger partial charge on any atom is 0.312 e. The lowest BCUT2D eigenvalue weighted by atomic mass is 9.95. The number of aliphatic carboxylic acids is 1. The first-order valence-corrected chi connectivity index (χ1v) is 6.09. The van der Waals surface area contributed by atoms with Gasteiger partial charge in [-0.15, -0.1) is 0 Å². The van der Waals surface area contributed by atoms with Gasteiger partial charge in [-0.3, -0.25) is 9.59 Å². The van der Waals surface area contributed by atoms with Crippen LogP contribution in [-0.2, 0) is 14.3 Å². The minimum atomic E-state index is -1.10. The van der Waals surface area contributed by atoms with E-state index in [1.54, 1.807) is 0 Å². The van der Waals surface area contributed by atoms with Crippen LogP contribution >= 0.6 is 0 Å². The van der Waals surface area contributed by atoms with E-state index in [0.29, 0.717) is 12.8 Å². The van der Waals surface area contributed by atoms with Crippen LogP contribution in [0.15, 0.2) is 0 Å². The van der Waals surface area contributed by atoms with Crippen LogP contribution in [0.3, 0.4) is 0 Å². The van der Waals surface area contributed by atoms with Crippen LogP contribution in [0, 0.1) is 5.92 Å². The lowest BCUT2D eigenvalue weighted by molar-refractivity contribution is -0.157. The first-order chi connectivity index (χ1) is 8.02. The number of ether oxygens (including phenoxy) is 1. The van der Waals surface area contributed by atoms with E-state index in [4.69, 9.17) is 9.84 Å². The normalized spacial score (nSPS) is 14.1. The van der Waals surface area contributed by atoms with Gasteiger partial charge in [-0.05, 0) is 12.8 Å². The smallest absolute Gasteiger partial charge is 0.312 e. The third-order valence-corrected chi connectivity index (χ3v) is 2.49. The molecule has 0 aromatic carbocycles. The van der Waals surface area contributed by atoms with Gasteiger partial charge in [0.15, 0.2) is 0 Å². The summed E-state index contributed by atoms with van der Waals surface area (Å²) in [5.41, 5.74) is 0. The van der Waals surface area contributed by atoms with E-state index in [-0.39, 0.29) is 13.0 Å². The van der Waals surface area contributed by atoms with Gasteiger partial charge in [0.2, 0.25) is 0 Å². The summed E-state index contributed by atoms with van der Waals surface area (Å²) in [6, 6.07) is 0. The Balaban J connectivity index is 4.33. The van der Waals surface area contributed by atoms with Crippen molar-refractivity contribution in [3.63, 3.8) is 0 Å². The number of aliphatic hydroxyl groups is 1. The molecule has 0 aromatic rings. The molecule has 2 N–H and O–H groups in total. The van der Waals surface area contributed by atoms with Gasteiger partial charge >= 0.3 is 11.9 Å². The van der Waals surface area contributed by atoms with Crippen LogP contribution in [0.25, 0.3) is 0 Å². The highest BCUT2D eigenvalue weighted by atomic mass is 16.5. The molecule has 100 valence electrons. The van der Waals surface area contributed by atoms with Gasteiger partial charge in [-0.25, -0.2) is 0 Å². The quantitative estimate of drug-likeness (QED) is 0.476. The van der Waals surface area contributed by atoms with Crippen LogP contribution in [-0.4, -0.2) is 34.9 Å². The Kier molecular flexibility index (Phi) is 8.40. The van der Waals surface area contributed by atoms with Crippen LogP contribution < -0.4 is 0 Å². The molecule has 0 radical (unpaired) electrons. The van der Waals surface area contributed by atoms with Gasteiger partial charge in [-0.2, -0.15) is 0 Å². The molecule has 0 bridgehead atoms. The van der Waals surface area contributed by atoms with Crippen molar-refractivity contribution in [3.8, 4) is 0 Å². The van der Waals surface area contributed by atoms with Gasteiger partial charge in [0.1, 0.15) is 0 Å². The second-order valence-electron chi connectivity index (χ2n) is 4.08. The minimum Gasteiger partial charge on any atom is -0.481 e. The molecule has 0 aromatic heterocycles. The zero-order valence-corrected chi connectivity index (χ0v) is 10.5. The Labute approximate surface area is 102 Å². The maximum atomic E-state index is 11.6. The summed E-state index contributed by atoms with van der Waals surface area (Å²) in [4.78, 5) is 22.3. The molecule has 0 aliphatic heterocycles. The summed E-state index contributed by atoms with van der Waals surface area (Å²) in [6.45, 7) is 4.11. The first-order valence-electron chi connectivity index (χ1n) is 6.09. The number of hydrogen-bond acceptors (Lipinski definition) is 4. The predicted octanol–water partition coefficient (Wildman–Crippen LogP) is 1.58. The van der Waals surface area contributed by atoms with Gasteiger partial charge in [0.05, 0.1) is 25.0 Å². The Morgan fingerprint density at radius 1 is 1.24 bits per heavy atom. The van der Waals surface area contributed by atoms with Crippen molar-refractivity contribution in [1.29, 1.82) is 0 Å². The zero-order valence-electron chi connectivity index (χ0n) is 10.5. The number of unbranched alkanes of at least 4 members (excludes halogenated alkanes) is 1. The number of carbonyl (C=O) groups excluding carboxylic acids is 1. The second kappa shape index (κ2) is 8.98. The van der Waals surface area contributed by atoms with Crippen molar-refractivity contribution >= 4 is 11.9 Å². The van der Waals surface area contributed by atoms with E-state index in [2.05, 4.69) is 0 Å². The highest BCUT2D eigenvalue weighted by Gasteiger charge is 2.29. The highest BCUT2D eigenvalue weighted by Crippen LogP contribution is 2.16. The fourth-order valence-electron chi connectivity index (χ4n) is 1.49. The van der Waals surface area contributed by atoms with E-state index in [0.717, 1.165) is 12.8 Å². The number of hydrogen-bond donors (Lipinski definition) is 2. The number of carboxylic acids is 1. The fraction of sp³-hybridized carbons (Fsp3) is 0.833. The summed E-state index contributed by atoms with van der Waals surface area (Å²) in [6.07, 6.45) is 1.42. The molecule has 0 aliphatic carbocycles. The molecular weight excluding hydrogens is 224 g/mol. The standard InChI is InChI=1S/C12H22O5/c1-3-5-7-17-12(16)9(8-11(14)15)10(13)6-4-2/h9-10,13H,3-8H2,1-2H3,(H,14,15). The van der Waals surface area contributed by atoms with Crippen molar-refractivity contribution in [2.45, 2.75) is 52.1 Å². The number of aliphatic hydroxyl groups excluding tert-OH is 1. The van der Waals surface area contributed by atoms with Crippen LogP contribution in [0.4, 0.5) is 0 Å². The lowest BCUT2D eigenvalue weighted by Gasteiger charge is -2.19. The summed E-state index contributed by atoms with van der Waals surface area (Å²) < 4.78 is 4.95. The molecule has 0 aliphatic rings. The van der Waals surface area contributed by atoms with Crippen LogP contribution in [0.2, 0.25) is 0 Å². The molecule has 0 fully saturated rings. The molecule has 0 saturated heterocycles. The average Bonchev–Trinajstić information content (AvgIpc) is 2.26. The van der Waals surface area contributed by atoms with E-state index in [1.807, 2.05) is 13.8 Å². The second-order valence-corrected chi connectivity index (χ2v) is 4.08. The highest BCUT2D eigenvalue weighted by molar-refractivity contribution is 5.79. The van der Waals surface area contributed by atoms with Crippen molar-refractivity contribution in [2.75, 3.05) is 6.61 Å². The minimum absolute atomic E-state index is 0.282. The SMILES string of the molecule is CCCCOC(=O)C(CC(=O)O)C(O)CCC. The Bertz CT molecular complexity index is 239. The van der Waals surface area contributed by atoms with E-state index < -0.39 is 24.0 Å². The van der Waals surface area contributed by atoms with Gasteiger partial charge in [0.25, 0.3) is 0 Å². The zero-order chi connectivity index (χ0) is 13.3. The molecule has 5 heteroatoms. The first kappa shape index (κ1) is 15.9. The Morgan fingerprint density at radius 2 is 1.88 bits per heavy atom. The molecule has 0 spiro atoms. The van der Waals surface area contributed by atoms with E-state index in [9.17, 15) is 14.7 Å². The number of esters is 1. The molecule has 0 saturated carbocycles. The average molecular weight is 246 g/mol. The third kappa shape index (κ3) is 6.94. The molecule has 5 nitrogen and oxygen atoms in total. The molecule has 2 unspecified atom stereocenters. The maximum absolute atomic E-state index is 11.6. The summed E-state index contributed by atoms with van der Waals surface area (Å²) >= 11 is 0. The van der Waals surface area contributed by atoms with Crippen LogP contribution in [0.1, 0.15) is 46.0 Å². The lowest BCUT2D eigenvalue weighted by Crippen LogP contribution is -2.32. The monoisotopic (exact) mass is 246 g/mol. The summed E-state index contributed by atoms with van der Waals surface area (Å²) in [5.74, 6) is -2.66. The third-order valence-electron chi connectivity index (χ3n) is 2.49. The van der Waals surface area contributed by atoms with E-state index >= 15 is 0 Å². The van der Waals surface area contributed by atoms with Crippen molar-refractivity contribution in [2.24, 2.45) is 5.92 Å². The largest absolute Gasteiger partial charge is 0.481 e. The summed E-state index contributed by atoms with van der Waals surface area (Å²) in [5, 5.41) is 18.4. The van der Waals surface area contributed by atoms with E-state index in [1.165, 1.54) is 0 Å². The molecule has 0 amide bonds. The van der Waals surface area contributed by atoms with Gasteiger partial charge in [0, 0.05) is 0 Å².